The van der Waals surface area contributed by atoms with Gasteiger partial charge in [0, 0.05) is 36.6 Å². The van der Waals surface area contributed by atoms with E-state index >= 15 is 0 Å². The van der Waals surface area contributed by atoms with Crippen LogP contribution < -0.4 is 11.1 Å². The maximum atomic E-state index is 13.1. The molecule has 0 bridgehead atoms. The number of hydrogen-bond donors (Lipinski definition) is 2. The number of nitrogens with one attached hydrogen (secondary N) is 1. The smallest absolute Gasteiger partial charge is 0.253 e. The summed E-state index contributed by atoms with van der Waals surface area (Å²) in [5, 5.41) is 2.59. The molecule has 1 amide bonds. The van der Waals surface area contributed by atoms with E-state index < -0.39 is 17.5 Å². The first-order chi connectivity index (χ1) is 9.58. The van der Waals surface area contributed by atoms with E-state index in [9.17, 15) is 13.6 Å². The van der Waals surface area contributed by atoms with Crippen LogP contribution in [-0.4, -0.2) is 17.4 Å². The molecule has 0 aliphatic rings. The Kier molecular flexibility index (Phi) is 4.24. The van der Waals surface area contributed by atoms with Crippen molar-refractivity contribution in [2.75, 3.05) is 12.3 Å². The minimum Gasteiger partial charge on any atom is -0.398 e. The number of pyridine rings is 1. The third-order valence-corrected chi connectivity index (χ3v) is 2.73. The van der Waals surface area contributed by atoms with Gasteiger partial charge >= 0.3 is 0 Å². The van der Waals surface area contributed by atoms with Crippen molar-refractivity contribution >= 4 is 11.6 Å². The number of amides is 1. The van der Waals surface area contributed by atoms with Gasteiger partial charge in [0.1, 0.15) is 0 Å². The summed E-state index contributed by atoms with van der Waals surface area (Å²) in [5.41, 5.74) is 6.14. The average Bonchev–Trinajstić information content (AvgIpc) is 2.44. The van der Waals surface area contributed by atoms with Crippen LogP contribution in [0.15, 0.2) is 36.5 Å². The van der Waals surface area contributed by atoms with Crippen molar-refractivity contribution in [2.24, 2.45) is 0 Å². The van der Waals surface area contributed by atoms with E-state index in [-0.39, 0.29) is 11.3 Å². The lowest BCUT2D eigenvalue weighted by Crippen LogP contribution is -2.27. The number of anilines is 1. The summed E-state index contributed by atoms with van der Waals surface area (Å²) in [4.78, 5) is 15.9. The summed E-state index contributed by atoms with van der Waals surface area (Å²) in [7, 11) is 0. The number of rotatable bonds is 4. The number of carbonyl (C=O) groups is 1. The molecule has 2 rings (SSSR count). The molecule has 1 heterocycles. The number of hydrogen-bond acceptors (Lipinski definition) is 3. The van der Waals surface area contributed by atoms with Gasteiger partial charge in [0.2, 0.25) is 0 Å². The maximum absolute atomic E-state index is 13.1. The van der Waals surface area contributed by atoms with Crippen LogP contribution in [0, 0.1) is 11.6 Å². The molecular weight excluding hydrogens is 264 g/mol. The van der Waals surface area contributed by atoms with Gasteiger partial charge in [-0.1, -0.05) is 6.07 Å². The fourth-order valence-corrected chi connectivity index (χ4v) is 1.70. The van der Waals surface area contributed by atoms with Gasteiger partial charge < -0.3 is 11.1 Å². The summed E-state index contributed by atoms with van der Waals surface area (Å²) in [6, 6.07) is 7.06. The SMILES string of the molecule is Nc1cc(F)c(F)cc1C(=O)NCCc1ccccn1. The number of benzene rings is 1. The van der Waals surface area contributed by atoms with Crippen molar-refractivity contribution in [2.45, 2.75) is 6.42 Å². The second-order valence-corrected chi connectivity index (χ2v) is 4.18. The number of halogens is 2. The first kappa shape index (κ1) is 13.9. The highest BCUT2D eigenvalue weighted by Crippen LogP contribution is 2.16. The van der Waals surface area contributed by atoms with E-state index in [4.69, 9.17) is 5.73 Å². The molecular formula is C14H13F2N3O. The molecule has 0 spiro atoms. The van der Waals surface area contributed by atoms with Gasteiger partial charge in [-0.15, -0.1) is 0 Å². The number of carbonyl (C=O) groups excluding carboxylic acids is 1. The highest BCUT2D eigenvalue weighted by molar-refractivity contribution is 5.99. The van der Waals surface area contributed by atoms with E-state index in [1.807, 2.05) is 12.1 Å². The normalized spacial score (nSPS) is 10.3. The number of aromatic nitrogens is 1. The van der Waals surface area contributed by atoms with E-state index in [0.29, 0.717) is 13.0 Å². The first-order valence-electron chi connectivity index (χ1n) is 6.00. The monoisotopic (exact) mass is 277 g/mol. The first-order valence-corrected chi connectivity index (χ1v) is 6.00. The number of nitrogen functional groups attached to an aromatic ring is 1. The van der Waals surface area contributed by atoms with Gasteiger partial charge in [0.25, 0.3) is 5.91 Å². The molecule has 0 fully saturated rings. The van der Waals surface area contributed by atoms with Gasteiger partial charge in [-0.3, -0.25) is 9.78 Å². The second kappa shape index (κ2) is 6.10. The maximum Gasteiger partial charge on any atom is 0.253 e. The topological polar surface area (TPSA) is 68.0 Å². The summed E-state index contributed by atoms with van der Waals surface area (Å²) >= 11 is 0. The van der Waals surface area contributed by atoms with Gasteiger partial charge in [0.05, 0.1) is 5.56 Å². The molecule has 104 valence electrons. The highest BCUT2D eigenvalue weighted by atomic mass is 19.2. The molecule has 0 aliphatic heterocycles. The van der Waals surface area contributed by atoms with Crippen molar-refractivity contribution in [3.63, 3.8) is 0 Å². The van der Waals surface area contributed by atoms with E-state index in [0.717, 1.165) is 17.8 Å². The Morgan fingerprint density at radius 1 is 1.25 bits per heavy atom. The fourth-order valence-electron chi connectivity index (χ4n) is 1.70. The van der Waals surface area contributed by atoms with Crippen LogP contribution in [-0.2, 0) is 6.42 Å². The van der Waals surface area contributed by atoms with Gasteiger partial charge in [-0.2, -0.15) is 0 Å². The van der Waals surface area contributed by atoms with Crippen LogP contribution in [0.3, 0.4) is 0 Å². The molecule has 20 heavy (non-hydrogen) atoms. The summed E-state index contributed by atoms with van der Waals surface area (Å²) in [6.45, 7) is 0.328. The van der Waals surface area contributed by atoms with Gasteiger partial charge in [-0.25, -0.2) is 8.78 Å². The third kappa shape index (κ3) is 3.28. The molecule has 0 atom stereocenters. The van der Waals surface area contributed by atoms with E-state index in [2.05, 4.69) is 10.3 Å². The minimum absolute atomic E-state index is 0.0788. The van der Waals surface area contributed by atoms with Crippen LogP contribution >= 0.6 is 0 Å². The van der Waals surface area contributed by atoms with Gasteiger partial charge in [0.15, 0.2) is 11.6 Å². The van der Waals surface area contributed by atoms with Crippen molar-refractivity contribution in [1.29, 1.82) is 0 Å². The largest absolute Gasteiger partial charge is 0.398 e. The number of nitrogens with two attached hydrogens (primary N) is 1. The molecule has 0 radical (unpaired) electrons. The van der Waals surface area contributed by atoms with Crippen LogP contribution in [0.4, 0.5) is 14.5 Å². The molecule has 4 nitrogen and oxygen atoms in total. The van der Waals surface area contributed by atoms with Crippen LogP contribution in [0.5, 0.6) is 0 Å². The zero-order valence-corrected chi connectivity index (χ0v) is 10.6. The number of nitrogens with zero attached hydrogens (tertiary/aromatic N) is 1. The van der Waals surface area contributed by atoms with Crippen molar-refractivity contribution in [3.8, 4) is 0 Å². The molecule has 1 aromatic heterocycles. The Balaban J connectivity index is 1.97. The molecule has 0 unspecified atom stereocenters. The standard InChI is InChI=1S/C14H13F2N3O/c15-11-7-10(13(17)8-12(11)16)14(20)19-6-4-9-3-1-2-5-18-9/h1-3,5,7-8H,4,6,17H2,(H,19,20). The fraction of sp³-hybridized carbons (Fsp3) is 0.143. The molecule has 0 saturated carbocycles. The summed E-state index contributed by atoms with van der Waals surface area (Å²) in [5.74, 6) is -2.72. The van der Waals surface area contributed by atoms with Crippen LogP contribution in [0.1, 0.15) is 16.1 Å². The third-order valence-electron chi connectivity index (χ3n) is 2.73. The lowest BCUT2D eigenvalue weighted by Gasteiger charge is -2.08. The molecule has 1 aromatic carbocycles. The van der Waals surface area contributed by atoms with E-state index in [1.165, 1.54) is 0 Å². The van der Waals surface area contributed by atoms with Gasteiger partial charge in [-0.05, 0) is 18.2 Å². The quantitative estimate of drug-likeness (QED) is 0.839. The molecule has 2 aromatic rings. The van der Waals surface area contributed by atoms with Crippen LogP contribution in [0.2, 0.25) is 0 Å². The van der Waals surface area contributed by atoms with Crippen LogP contribution in [0.25, 0.3) is 0 Å². The molecule has 3 N–H and O–H groups in total. The predicted molar refractivity (Wildman–Crippen MR) is 71.0 cm³/mol. The Hall–Kier alpha value is -2.50. The minimum atomic E-state index is -1.10. The molecule has 0 saturated heterocycles. The van der Waals surface area contributed by atoms with E-state index in [1.54, 1.807) is 12.3 Å². The summed E-state index contributed by atoms with van der Waals surface area (Å²) < 4.78 is 26.0. The molecule has 6 heteroatoms. The average molecular weight is 277 g/mol. The molecule has 0 aliphatic carbocycles. The lowest BCUT2D eigenvalue weighted by molar-refractivity contribution is 0.0954. The van der Waals surface area contributed by atoms with Crippen molar-refractivity contribution < 1.29 is 13.6 Å². The van der Waals surface area contributed by atoms with Crippen molar-refractivity contribution in [1.82, 2.24) is 10.3 Å². The Morgan fingerprint density at radius 3 is 2.70 bits per heavy atom. The zero-order valence-electron chi connectivity index (χ0n) is 10.6. The zero-order chi connectivity index (χ0) is 14.5. The lowest BCUT2D eigenvalue weighted by atomic mass is 10.1. The summed E-state index contributed by atoms with van der Waals surface area (Å²) in [6.07, 6.45) is 2.20. The Morgan fingerprint density at radius 2 is 2.00 bits per heavy atom. The predicted octanol–water partition coefficient (Wildman–Crippen LogP) is 1.91. The van der Waals surface area contributed by atoms with Crippen molar-refractivity contribution in [3.05, 3.63) is 59.4 Å². The Labute approximate surface area is 114 Å². The second-order valence-electron chi connectivity index (χ2n) is 4.18. The highest BCUT2D eigenvalue weighted by Gasteiger charge is 2.13. The Bertz CT molecular complexity index is 617.